The van der Waals surface area contributed by atoms with Crippen LogP contribution in [-0.2, 0) is 9.47 Å². The van der Waals surface area contributed by atoms with Crippen LogP contribution in [0.25, 0.3) is 0 Å². The van der Waals surface area contributed by atoms with E-state index in [1.54, 1.807) is 7.11 Å². The molecule has 3 N–H and O–H groups in total. The third-order valence-corrected chi connectivity index (χ3v) is 1.89. The van der Waals surface area contributed by atoms with Crippen LogP contribution in [0.1, 0.15) is 27.7 Å². The predicted octanol–water partition coefficient (Wildman–Crippen LogP) is 0.873. The summed E-state index contributed by atoms with van der Waals surface area (Å²) in [6.07, 6.45) is -0.607. The second kappa shape index (κ2) is 5.92. The van der Waals surface area contributed by atoms with Crippen LogP contribution >= 0.6 is 0 Å². The molecule has 0 saturated carbocycles. The first kappa shape index (κ1) is 14.2. The molecule has 0 aromatic rings. The first-order valence-corrected chi connectivity index (χ1v) is 5.02. The molecule has 5 heteroatoms. The van der Waals surface area contributed by atoms with Crippen molar-refractivity contribution in [3.63, 3.8) is 0 Å². The van der Waals surface area contributed by atoms with Crippen molar-refractivity contribution >= 4 is 6.09 Å². The van der Waals surface area contributed by atoms with E-state index in [-0.39, 0.29) is 12.1 Å². The summed E-state index contributed by atoms with van der Waals surface area (Å²) in [5, 5.41) is 2.66. The van der Waals surface area contributed by atoms with E-state index in [0.29, 0.717) is 6.54 Å². The summed E-state index contributed by atoms with van der Waals surface area (Å²) in [6, 6.07) is -0.232. The average Bonchev–Trinajstić information content (AvgIpc) is 2.10. The molecular formula is C10H22N2O3. The van der Waals surface area contributed by atoms with Crippen LogP contribution in [0.5, 0.6) is 0 Å². The molecule has 0 aliphatic heterocycles. The highest BCUT2D eigenvalue weighted by Crippen LogP contribution is 2.07. The lowest BCUT2D eigenvalue weighted by Gasteiger charge is -2.25. The normalized spacial score (nSPS) is 15.6. The number of hydrogen-bond acceptors (Lipinski definition) is 4. The number of amides is 1. The number of rotatable bonds is 4. The Kier molecular flexibility index (Phi) is 5.60. The van der Waals surface area contributed by atoms with Gasteiger partial charge in [0.2, 0.25) is 0 Å². The Bertz CT molecular complexity index is 201. The standard InChI is InChI=1S/C10H22N2O3/c1-7(14-5)8(6-11)12-9(13)15-10(2,3)4/h7-8H,6,11H2,1-5H3,(H,12,13)/t7-,8-/m1/s1. The first-order chi connectivity index (χ1) is 6.80. The van der Waals surface area contributed by atoms with Crippen LogP contribution in [0.3, 0.4) is 0 Å². The van der Waals surface area contributed by atoms with E-state index in [4.69, 9.17) is 15.2 Å². The Morgan fingerprint density at radius 3 is 2.33 bits per heavy atom. The molecule has 0 saturated heterocycles. The highest BCUT2D eigenvalue weighted by atomic mass is 16.6. The average molecular weight is 218 g/mol. The summed E-state index contributed by atoms with van der Waals surface area (Å²) < 4.78 is 10.2. The van der Waals surface area contributed by atoms with Gasteiger partial charge in [0.15, 0.2) is 0 Å². The van der Waals surface area contributed by atoms with Crippen molar-refractivity contribution in [1.29, 1.82) is 0 Å². The first-order valence-electron chi connectivity index (χ1n) is 5.02. The molecule has 0 aliphatic carbocycles. The van der Waals surface area contributed by atoms with Gasteiger partial charge < -0.3 is 20.5 Å². The summed E-state index contributed by atoms with van der Waals surface area (Å²) in [6.45, 7) is 7.58. The number of nitrogens with one attached hydrogen (secondary N) is 1. The van der Waals surface area contributed by atoms with Gasteiger partial charge in [-0.2, -0.15) is 0 Å². The second-order valence-electron chi connectivity index (χ2n) is 4.43. The van der Waals surface area contributed by atoms with Crippen LogP contribution < -0.4 is 11.1 Å². The number of ether oxygens (including phenoxy) is 2. The van der Waals surface area contributed by atoms with Crippen LogP contribution in [0, 0.1) is 0 Å². The minimum Gasteiger partial charge on any atom is -0.444 e. The summed E-state index contributed by atoms with van der Waals surface area (Å²) in [4.78, 5) is 11.4. The third kappa shape index (κ3) is 6.30. The van der Waals surface area contributed by atoms with Crippen molar-refractivity contribution in [3.8, 4) is 0 Å². The molecule has 90 valence electrons. The van der Waals surface area contributed by atoms with Crippen molar-refractivity contribution in [2.45, 2.75) is 45.4 Å². The molecule has 0 heterocycles. The third-order valence-electron chi connectivity index (χ3n) is 1.89. The molecule has 0 aliphatic rings. The van der Waals surface area contributed by atoms with E-state index in [9.17, 15) is 4.79 Å². The molecular weight excluding hydrogens is 196 g/mol. The minimum absolute atomic E-state index is 0.137. The highest BCUT2D eigenvalue weighted by molar-refractivity contribution is 5.68. The van der Waals surface area contributed by atoms with E-state index >= 15 is 0 Å². The number of alkyl carbamates (subject to hydrolysis) is 1. The van der Waals surface area contributed by atoms with Gasteiger partial charge in [0, 0.05) is 13.7 Å². The molecule has 0 unspecified atom stereocenters. The van der Waals surface area contributed by atoms with E-state index in [1.807, 2.05) is 27.7 Å². The van der Waals surface area contributed by atoms with Gasteiger partial charge in [-0.3, -0.25) is 0 Å². The Labute approximate surface area is 91.3 Å². The van der Waals surface area contributed by atoms with Crippen molar-refractivity contribution in [2.24, 2.45) is 5.73 Å². The van der Waals surface area contributed by atoms with E-state index in [2.05, 4.69) is 5.32 Å². The van der Waals surface area contributed by atoms with E-state index in [0.717, 1.165) is 0 Å². The number of nitrogens with two attached hydrogens (primary N) is 1. The zero-order valence-corrected chi connectivity index (χ0v) is 10.2. The van der Waals surface area contributed by atoms with Gasteiger partial charge in [-0.05, 0) is 27.7 Å². The summed E-state index contributed by atoms with van der Waals surface area (Å²) in [7, 11) is 1.57. The topological polar surface area (TPSA) is 73.6 Å². The number of methoxy groups -OCH3 is 1. The minimum atomic E-state index is -0.500. The summed E-state index contributed by atoms with van der Waals surface area (Å²) in [5.41, 5.74) is 5.01. The molecule has 1 amide bonds. The van der Waals surface area contributed by atoms with Gasteiger partial charge in [0.1, 0.15) is 5.60 Å². The molecule has 0 aromatic heterocycles. The lowest BCUT2D eigenvalue weighted by Crippen LogP contribution is -2.49. The Balaban J connectivity index is 4.13. The fourth-order valence-corrected chi connectivity index (χ4v) is 0.991. The van der Waals surface area contributed by atoms with Gasteiger partial charge in [-0.15, -0.1) is 0 Å². The zero-order chi connectivity index (χ0) is 12.1. The molecule has 0 bridgehead atoms. The molecule has 0 fully saturated rings. The zero-order valence-electron chi connectivity index (χ0n) is 10.2. The fraction of sp³-hybridized carbons (Fsp3) is 0.900. The fourth-order valence-electron chi connectivity index (χ4n) is 0.991. The van der Waals surface area contributed by atoms with Crippen LogP contribution in [-0.4, -0.2) is 37.5 Å². The summed E-state index contributed by atoms with van der Waals surface area (Å²) >= 11 is 0. The maximum Gasteiger partial charge on any atom is 0.408 e. The Hall–Kier alpha value is -0.810. The van der Waals surface area contributed by atoms with Crippen molar-refractivity contribution in [3.05, 3.63) is 0 Å². The molecule has 2 atom stereocenters. The van der Waals surface area contributed by atoms with E-state index < -0.39 is 11.7 Å². The highest BCUT2D eigenvalue weighted by Gasteiger charge is 2.21. The monoisotopic (exact) mass is 218 g/mol. The Morgan fingerprint density at radius 1 is 1.47 bits per heavy atom. The van der Waals surface area contributed by atoms with Gasteiger partial charge in [0.25, 0.3) is 0 Å². The molecule has 0 aromatic carbocycles. The summed E-state index contributed by atoms with van der Waals surface area (Å²) in [5.74, 6) is 0. The second-order valence-corrected chi connectivity index (χ2v) is 4.43. The van der Waals surface area contributed by atoms with Crippen LogP contribution in [0.15, 0.2) is 0 Å². The van der Waals surface area contributed by atoms with Gasteiger partial charge in [0.05, 0.1) is 12.1 Å². The molecule has 0 spiro atoms. The number of hydrogen-bond donors (Lipinski definition) is 2. The number of carbonyl (C=O) groups is 1. The Morgan fingerprint density at radius 2 is 2.00 bits per heavy atom. The van der Waals surface area contributed by atoms with Crippen molar-refractivity contribution < 1.29 is 14.3 Å². The molecule has 15 heavy (non-hydrogen) atoms. The van der Waals surface area contributed by atoms with Crippen LogP contribution in [0.2, 0.25) is 0 Å². The molecule has 5 nitrogen and oxygen atoms in total. The largest absolute Gasteiger partial charge is 0.444 e. The van der Waals surface area contributed by atoms with Gasteiger partial charge in [-0.1, -0.05) is 0 Å². The number of carbonyl (C=O) groups excluding carboxylic acids is 1. The van der Waals surface area contributed by atoms with Gasteiger partial charge in [-0.25, -0.2) is 4.79 Å². The molecule has 0 rings (SSSR count). The smallest absolute Gasteiger partial charge is 0.408 e. The SMILES string of the molecule is CO[C@H](C)[C@@H](CN)NC(=O)OC(C)(C)C. The quantitative estimate of drug-likeness (QED) is 0.734. The van der Waals surface area contributed by atoms with Gasteiger partial charge >= 0.3 is 6.09 Å². The lowest BCUT2D eigenvalue weighted by molar-refractivity contribution is 0.0382. The van der Waals surface area contributed by atoms with Crippen LogP contribution in [0.4, 0.5) is 4.79 Å². The molecule has 0 radical (unpaired) electrons. The maximum atomic E-state index is 11.4. The van der Waals surface area contributed by atoms with Crippen molar-refractivity contribution in [2.75, 3.05) is 13.7 Å². The maximum absolute atomic E-state index is 11.4. The van der Waals surface area contributed by atoms with Crippen molar-refractivity contribution in [1.82, 2.24) is 5.32 Å². The predicted molar refractivity (Wildman–Crippen MR) is 58.7 cm³/mol. The van der Waals surface area contributed by atoms with E-state index in [1.165, 1.54) is 0 Å². The lowest BCUT2D eigenvalue weighted by atomic mass is 10.2.